The minimum atomic E-state index is -0.845. The average Bonchev–Trinajstić information content (AvgIpc) is 2.43. The standard InChI is InChI=1S/C14H22N2O3/c1-14(2,19-4)13(17)16(9-10-18-3)11-12-7-5-6-8-15-12/h5-8H,9-11H2,1-4H3. The number of aromatic nitrogens is 1. The van der Waals surface area contributed by atoms with Crippen molar-refractivity contribution in [1.29, 1.82) is 0 Å². The van der Waals surface area contributed by atoms with Crippen molar-refractivity contribution in [3.05, 3.63) is 30.1 Å². The molecule has 1 aromatic heterocycles. The molecule has 0 spiro atoms. The van der Waals surface area contributed by atoms with Crippen LogP contribution in [0.2, 0.25) is 0 Å². The Morgan fingerprint density at radius 2 is 2.11 bits per heavy atom. The zero-order valence-corrected chi connectivity index (χ0v) is 12.0. The smallest absolute Gasteiger partial charge is 0.254 e. The van der Waals surface area contributed by atoms with Gasteiger partial charge in [0.1, 0.15) is 5.60 Å². The Morgan fingerprint density at radius 3 is 2.63 bits per heavy atom. The maximum Gasteiger partial charge on any atom is 0.254 e. The van der Waals surface area contributed by atoms with Gasteiger partial charge in [-0.15, -0.1) is 0 Å². The van der Waals surface area contributed by atoms with Crippen molar-refractivity contribution in [2.45, 2.75) is 26.0 Å². The van der Waals surface area contributed by atoms with E-state index >= 15 is 0 Å². The van der Waals surface area contributed by atoms with Gasteiger partial charge in [-0.2, -0.15) is 0 Å². The summed E-state index contributed by atoms with van der Waals surface area (Å²) in [6, 6.07) is 5.65. The van der Waals surface area contributed by atoms with Gasteiger partial charge in [0.05, 0.1) is 18.8 Å². The molecule has 0 atom stereocenters. The van der Waals surface area contributed by atoms with Gasteiger partial charge in [0, 0.05) is 27.0 Å². The van der Waals surface area contributed by atoms with Gasteiger partial charge in [0.2, 0.25) is 0 Å². The zero-order valence-electron chi connectivity index (χ0n) is 12.0. The molecule has 0 radical (unpaired) electrons. The Kier molecular flexibility index (Phi) is 5.92. The first-order valence-electron chi connectivity index (χ1n) is 6.24. The minimum Gasteiger partial charge on any atom is -0.383 e. The van der Waals surface area contributed by atoms with Crippen molar-refractivity contribution in [1.82, 2.24) is 9.88 Å². The largest absolute Gasteiger partial charge is 0.383 e. The van der Waals surface area contributed by atoms with Gasteiger partial charge in [-0.3, -0.25) is 9.78 Å². The second kappa shape index (κ2) is 7.21. The van der Waals surface area contributed by atoms with Crippen LogP contribution < -0.4 is 0 Å². The number of methoxy groups -OCH3 is 2. The quantitative estimate of drug-likeness (QED) is 0.750. The maximum atomic E-state index is 12.4. The van der Waals surface area contributed by atoms with Gasteiger partial charge in [-0.25, -0.2) is 0 Å². The van der Waals surface area contributed by atoms with E-state index < -0.39 is 5.60 Å². The monoisotopic (exact) mass is 266 g/mol. The predicted octanol–water partition coefficient (Wildman–Crippen LogP) is 1.48. The zero-order chi connectivity index (χ0) is 14.3. The van der Waals surface area contributed by atoms with Crippen LogP contribution in [0.25, 0.3) is 0 Å². The second-order valence-electron chi connectivity index (χ2n) is 4.76. The van der Waals surface area contributed by atoms with Crippen LogP contribution in [0.3, 0.4) is 0 Å². The Bertz CT molecular complexity index is 393. The lowest BCUT2D eigenvalue weighted by molar-refractivity contribution is -0.152. The van der Waals surface area contributed by atoms with Gasteiger partial charge in [-0.1, -0.05) is 6.07 Å². The summed E-state index contributed by atoms with van der Waals surface area (Å²) in [6.45, 7) is 4.97. The molecule has 0 aliphatic heterocycles. The lowest BCUT2D eigenvalue weighted by atomic mass is 10.1. The molecule has 106 valence electrons. The van der Waals surface area contributed by atoms with Crippen LogP contribution in [-0.2, 0) is 20.8 Å². The minimum absolute atomic E-state index is 0.0716. The number of hydrogen-bond donors (Lipinski definition) is 0. The number of carbonyl (C=O) groups excluding carboxylic acids is 1. The fourth-order valence-corrected chi connectivity index (χ4v) is 1.61. The highest BCUT2D eigenvalue weighted by atomic mass is 16.5. The number of pyridine rings is 1. The number of hydrogen-bond acceptors (Lipinski definition) is 4. The topological polar surface area (TPSA) is 51.7 Å². The second-order valence-corrected chi connectivity index (χ2v) is 4.76. The molecule has 1 amide bonds. The van der Waals surface area contributed by atoms with Crippen LogP contribution in [0.5, 0.6) is 0 Å². The summed E-state index contributed by atoms with van der Waals surface area (Å²) in [5.41, 5.74) is 0.00144. The third-order valence-corrected chi connectivity index (χ3v) is 2.96. The molecule has 1 aromatic rings. The van der Waals surface area contributed by atoms with Crippen molar-refractivity contribution in [2.24, 2.45) is 0 Å². The van der Waals surface area contributed by atoms with E-state index in [1.807, 2.05) is 18.2 Å². The average molecular weight is 266 g/mol. The molecule has 0 aliphatic carbocycles. The number of rotatable bonds is 7. The van der Waals surface area contributed by atoms with Crippen LogP contribution in [0.15, 0.2) is 24.4 Å². The van der Waals surface area contributed by atoms with Gasteiger partial charge in [0.25, 0.3) is 5.91 Å². The third kappa shape index (κ3) is 4.61. The molecule has 1 heterocycles. The molecular weight excluding hydrogens is 244 g/mol. The highest BCUT2D eigenvalue weighted by Crippen LogP contribution is 2.14. The van der Waals surface area contributed by atoms with Gasteiger partial charge >= 0.3 is 0 Å². The molecule has 0 saturated carbocycles. The summed E-state index contributed by atoms with van der Waals surface area (Å²) < 4.78 is 10.3. The summed E-state index contributed by atoms with van der Waals surface area (Å²) in [7, 11) is 3.15. The van der Waals surface area contributed by atoms with Crippen LogP contribution in [-0.4, -0.2) is 48.8 Å². The molecular formula is C14H22N2O3. The van der Waals surface area contributed by atoms with E-state index in [9.17, 15) is 4.79 Å². The SMILES string of the molecule is COCCN(Cc1ccccn1)C(=O)C(C)(C)OC. The first-order chi connectivity index (χ1) is 9.01. The Hall–Kier alpha value is -1.46. The van der Waals surface area contributed by atoms with Crippen LogP contribution >= 0.6 is 0 Å². The molecule has 0 N–H and O–H groups in total. The molecule has 0 unspecified atom stereocenters. The third-order valence-electron chi connectivity index (χ3n) is 2.96. The summed E-state index contributed by atoms with van der Waals surface area (Å²) in [4.78, 5) is 18.4. The Labute approximate surface area is 114 Å². The van der Waals surface area contributed by atoms with Crippen molar-refractivity contribution in [3.8, 4) is 0 Å². The molecule has 0 saturated heterocycles. The number of ether oxygens (including phenoxy) is 2. The summed E-state index contributed by atoms with van der Waals surface area (Å²) in [5.74, 6) is -0.0716. The Morgan fingerprint density at radius 1 is 1.37 bits per heavy atom. The van der Waals surface area contributed by atoms with E-state index in [2.05, 4.69) is 4.98 Å². The Balaban J connectivity index is 2.80. The van der Waals surface area contributed by atoms with E-state index in [4.69, 9.17) is 9.47 Å². The molecule has 0 bridgehead atoms. The van der Waals surface area contributed by atoms with E-state index in [1.54, 1.807) is 32.1 Å². The summed E-state index contributed by atoms with van der Waals surface area (Å²) >= 11 is 0. The molecule has 5 heteroatoms. The predicted molar refractivity (Wildman–Crippen MR) is 72.6 cm³/mol. The van der Waals surface area contributed by atoms with Crippen LogP contribution in [0.4, 0.5) is 0 Å². The van der Waals surface area contributed by atoms with Crippen molar-refractivity contribution in [3.63, 3.8) is 0 Å². The molecule has 19 heavy (non-hydrogen) atoms. The van der Waals surface area contributed by atoms with E-state index in [0.29, 0.717) is 19.7 Å². The van der Waals surface area contributed by atoms with E-state index in [0.717, 1.165) is 5.69 Å². The highest BCUT2D eigenvalue weighted by molar-refractivity contribution is 5.84. The van der Waals surface area contributed by atoms with Crippen molar-refractivity contribution < 1.29 is 14.3 Å². The van der Waals surface area contributed by atoms with Crippen LogP contribution in [0, 0.1) is 0 Å². The number of carbonyl (C=O) groups is 1. The van der Waals surface area contributed by atoms with E-state index in [-0.39, 0.29) is 5.91 Å². The van der Waals surface area contributed by atoms with Crippen molar-refractivity contribution >= 4 is 5.91 Å². The van der Waals surface area contributed by atoms with Gasteiger partial charge < -0.3 is 14.4 Å². The van der Waals surface area contributed by atoms with E-state index in [1.165, 1.54) is 7.11 Å². The fraction of sp³-hybridized carbons (Fsp3) is 0.571. The lowest BCUT2D eigenvalue weighted by Crippen LogP contribution is -2.47. The highest BCUT2D eigenvalue weighted by Gasteiger charge is 2.31. The maximum absolute atomic E-state index is 12.4. The van der Waals surface area contributed by atoms with Crippen molar-refractivity contribution in [2.75, 3.05) is 27.4 Å². The van der Waals surface area contributed by atoms with Crippen LogP contribution in [0.1, 0.15) is 19.5 Å². The summed E-state index contributed by atoms with van der Waals surface area (Å²) in [5, 5.41) is 0. The number of nitrogens with zero attached hydrogens (tertiary/aromatic N) is 2. The normalized spacial score (nSPS) is 11.4. The first kappa shape index (κ1) is 15.6. The van der Waals surface area contributed by atoms with Gasteiger partial charge in [-0.05, 0) is 26.0 Å². The molecule has 5 nitrogen and oxygen atoms in total. The first-order valence-corrected chi connectivity index (χ1v) is 6.24. The van der Waals surface area contributed by atoms with Gasteiger partial charge in [0.15, 0.2) is 0 Å². The molecule has 1 rings (SSSR count). The fourth-order valence-electron chi connectivity index (χ4n) is 1.61. The summed E-state index contributed by atoms with van der Waals surface area (Å²) in [6.07, 6.45) is 1.72. The molecule has 0 aliphatic rings. The molecule has 0 aromatic carbocycles. The lowest BCUT2D eigenvalue weighted by Gasteiger charge is -2.30. The molecule has 0 fully saturated rings. The number of amides is 1.